The van der Waals surface area contributed by atoms with Crippen LogP contribution in [0.1, 0.15) is 18.4 Å². The Hall–Kier alpha value is -1.56. The van der Waals surface area contributed by atoms with E-state index in [1.807, 2.05) is 18.2 Å². The highest BCUT2D eigenvalue weighted by Gasteiger charge is 2.27. The highest BCUT2D eigenvalue weighted by atomic mass is 79.9. The van der Waals surface area contributed by atoms with E-state index in [-0.39, 0.29) is 17.7 Å². The third-order valence-electron chi connectivity index (χ3n) is 3.64. The Kier molecular flexibility index (Phi) is 5.22. The Bertz CT molecular complexity index is 538. The molecule has 0 aromatic heterocycles. The van der Waals surface area contributed by atoms with Crippen LogP contribution in [0.2, 0.25) is 0 Å². The molecule has 21 heavy (non-hydrogen) atoms. The average Bonchev–Trinajstić information content (AvgIpc) is 2.47. The number of amides is 2. The molecule has 1 N–H and O–H groups in total. The van der Waals surface area contributed by atoms with Crippen molar-refractivity contribution < 1.29 is 14.3 Å². The number of hydrogen-bond acceptors (Lipinski definition) is 3. The van der Waals surface area contributed by atoms with Crippen molar-refractivity contribution >= 4 is 27.7 Å². The molecule has 0 aliphatic carbocycles. The number of carbonyl (C=O) groups excluding carboxylic acids is 2. The van der Waals surface area contributed by atoms with Gasteiger partial charge in [0.15, 0.2) is 0 Å². The fourth-order valence-electron chi connectivity index (χ4n) is 2.46. The Morgan fingerprint density at radius 1 is 1.52 bits per heavy atom. The van der Waals surface area contributed by atoms with E-state index in [1.165, 1.54) is 0 Å². The Morgan fingerprint density at radius 3 is 2.90 bits per heavy atom. The normalized spacial score (nSPS) is 18.0. The van der Waals surface area contributed by atoms with Gasteiger partial charge in [-0.3, -0.25) is 9.59 Å². The summed E-state index contributed by atoms with van der Waals surface area (Å²) in [7, 11) is 3.39. The maximum Gasteiger partial charge on any atom is 0.227 e. The van der Waals surface area contributed by atoms with Gasteiger partial charge in [-0.2, -0.15) is 0 Å². The van der Waals surface area contributed by atoms with Crippen LogP contribution >= 0.6 is 15.9 Å². The number of methoxy groups -OCH3 is 1. The van der Waals surface area contributed by atoms with E-state index >= 15 is 0 Å². The second-order valence-corrected chi connectivity index (χ2v) is 6.11. The molecule has 1 unspecified atom stereocenters. The van der Waals surface area contributed by atoms with E-state index < -0.39 is 0 Å². The van der Waals surface area contributed by atoms with Crippen LogP contribution in [0.5, 0.6) is 5.75 Å². The van der Waals surface area contributed by atoms with Gasteiger partial charge in [0.1, 0.15) is 5.75 Å². The lowest BCUT2D eigenvalue weighted by molar-refractivity contribution is -0.136. The first kappa shape index (κ1) is 15.8. The highest BCUT2D eigenvalue weighted by molar-refractivity contribution is 9.10. The minimum absolute atomic E-state index is 0.0235. The lowest BCUT2D eigenvalue weighted by Gasteiger charge is -2.27. The van der Waals surface area contributed by atoms with Gasteiger partial charge in [-0.15, -0.1) is 0 Å². The molecule has 0 spiro atoms. The van der Waals surface area contributed by atoms with Crippen LogP contribution in [-0.4, -0.2) is 37.4 Å². The molecule has 5 nitrogen and oxygen atoms in total. The first-order valence-corrected chi connectivity index (χ1v) is 7.64. The zero-order chi connectivity index (χ0) is 15.4. The topological polar surface area (TPSA) is 58.6 Å². The van der Waals surface area contributed by atoms with Crippen molar-refractivity contribution in [3.8, 4) is 5.75 Å². The summed E-state index contributed by atoms with van der Waals surface area (Å²) in [5.74, 6) is 0.702. The molecule has 2 amide bonds. The molecule has 1 heterocycles. The highest BCUT2D eigenvalue weighted by Crippen LogP contribution is 2.25. The molecule has 1 fully saturated rings. The second-order valence-electron chi connectivity index (χ2n) is 5.19. The van der Waals surface area contributed by atoms with Gasteiger partial charge in [0.2, 0.25) is 11.8 Å². The first-order chi connectivity index (χ1) is 10.0. The van der Waals surface area contributed by atoms with Gasteiger partial charge in [-0.1, -0.05) is 15.9 Å². The van der Waals surface area contributed by atoms with Crippen molar-refractivity contribution in [1.29, 1.82) is 0 Å². The smallest absolute Gasteiger partial charge is 0.227 e. The van der Waals surface area contributed by atoms with Crippen molar-refractivity contribution in [3.63, 3.8) is 0 Å². The van der Waals surface area contributed by atoms with Gasteiger partial charge in [0, 0.05) is 36.6 Å². The molecular formula is C15H19BrN2O3. The van der Waals surface area contributed by atoms with Gasteiger partial charge in [-0.05, 0) is 24.6 Å². The van der Waals surface area contributed by atoms with Crippen molar-refractivity contribution in [2.24, 2.45) is 5.92 Å². The molecule has 114 valence electrons. The zero-order valence-corrected chi connectivity index (χ0v) is 13.8. The molecule has 0 radical (unpaired) electrons. The summed E-state index contributed by atoms with van der Waals surface area (Å²) >= 11 is 3.43. The molecule has 2 rings (SSSR count). The summed E-state index contributed by atoms with van der Waals surface area (Å²) < 4.78 is 6.27. The van der Waals surface area contributed by atoms with Crippen LogP contribution in [0.3, 0.4) is 0 Å². The summed E-state index contributed by atoms with van der Waals surface area (Å²) in [4.78, 5) is 25.3. The summed E-state index contributed by atoms with van der Waals surface area (Å²) in [5, 5.41) is 2.74. The van der Waals surface area contributed by atoms with E-state index in [9.17, 15) is 9.59 Å². The molecule has 1 atom stereocenters. The van der Waals surface area contributed by atoms with Crippen LogP contribution in [0.4, 0.5) is 0 Å². The van der Waals surface area contributed by atoms with Crippen molar-refractivity contribution in [3.05, 3.63) is 28.2 Å². The number of carbonyl (C=O) groups is 2. The van der Waals surface area contributed by atoms with Gasteiger partial charge in [0.05, 0.1) is 13.0 Å². The van der Waals surface area contributed by atoms with Gasteiger partial charge < -0.3 is 15.0 Å². The summed E-state index contributed by atoms with van der Waals surface area (Å²) in [5.41, 5.74) is 0.947. The van der Waals surface area contributed by atoms with Crippen molar-refractivity contribution in [2.75, 3.05) is 20.7 Å². The minimum atomic E-state index is -0.133. The zero-order valence-electron chi connectivity index (χ0n) is 12.2. The first-order valence-electron chi connectivity index (χ1n) is 6.85. The Labute approximate surface area is 132 Å². The molecule has 1 aromatic carbocycles. The van der Waals surface area contributed by atoms with Crippen LogP contribution in [-0.2, 0) is 16.1 Å². The fourth-order valence-corrected chi connectivity index (χ4v) is 2.87. The van der Waals surface area contributed by atoms with Crippen LogP contribution < -0.4 is 10.1 Å². The number of nitrogens with zero attached hydrogens (tertiary/aromatic N) is 1. The molecule has 0 saturated carbocycles. The number of piperidine rings is 1. The van der Waals surface area contributed by atoms with Gasteiger partial charge >= 0.3 is 0 Å². The van der Waals surface area contributed by atoms with E-state index in [0.29, 0.717) is 25.9 Å². The number of halogens is 1. The van der Waals surface area contributed by atoms with Crippen molar-refractivity contribution in [1.82, 2.24) is 10.2 Å². The van der Waals surface area contributed by atoms with Gasteiger partial charge in [-0.25, -0.2) is 0 Å². The number of rotatable bonds is 4. The van der Waals surface area contributed by atoms with Gasteiger partial charge in [0.25, 0.3) is 0 Å². The number of hydrogen-bond donors (Lipinski definition) is 1. The monoisotopic (exact) mass is 354 g/mol. The fraction of sp³-hybridized carbons (Fsp3) is 0.467. The maximum absolute atomic E-state index is 12.4. The van der Waals surface area contributed by atoms with E-state index in [4.69, 9.17) is 4.74 Å². The largest absolute Gasteiger partial charge is 0.496 e. The Morgan fingerprint density at radius 2 is 2.29 bits per heavy atom. The van der Waals surface area contributed by atoms with E-state index in [0.717, 1.165) is 15.8 Å². The molecule has 1 aromatic rings. The maximum atomic E-state index is 12.4. The number of ether oxygens (including phenoxy) is 1. The lowest BCUT2D eigenvalue weighted by Crippen LogP contribution is -2.43. The predicted octanol–water partition coefficient (Wildman–Crippen LogP) is 1.94. The molecule has 1 aliphatic heterocycles. The van der Waals surface area contributed by atoms with Crippen LogP contribution in [0.15, 0.2) is 22.7 Å². The molecule has 0 bridgehead atoms. The summed E-state index contributed by atoms with van der Waals surface area (Å²) in [6.45, 7) is 0.906. The number of nitrogens with one attached hydrogen (secondary N) is 1. The lowest BCUT2D eigenvalue weighted by atomic mass is 9.97. The second kappa shape index (κ2) is 6.93. The third-order valence-corrected chi connectivity index (χ3v) is 4.13. The molecule has 6 heteroatoms. The quantitative estimate of drug-likeness (QED) is 0.898. The molecule has 1 aliphatic rings. The summed E-state index contributed by atoms with van der Waals surface area (Å²) in [6, 6.07) is 5.73. The number of benzene rings is 1. The van der Waals surface area contributed by atoms with E-state index in [2.05, 4.69) is 21.2 Å². The van der Waals surface area contributed by atoms with E-state index in [1.54, 1.807) is 19.1 Å². The molecular weight excluding hydrogens is 336 g/mol. The standard InChI is InChI=1S/C15H19BrN2O3/c1-18(15(20)10-3-6-14(19)17-8-10)9-11-7-12(16)4-5-13(11)21-2/h4-5,7,10H,3,6,8-9H2,1-2H3,(H,17,19). The minimum Gasteiger partial charge on any atom is -0.496 e. The third kappa shape index (κ3) is 3.97. The molecule has 1 saturated heterocycles. The summed E-state index contributed by atoms with van der Waals surface area (Å²) in [6.07, 6.45) is 1.04. The van der Waals surface area contributed by atoms with Crippen LogP contribution in [0.25, 0.3) is 0 Å². The van der Waals surface area contributed by atoms with Crippen LogP contribution in [0, 0.1) is 5.92 Å². The van der Waals surface area contributed by atoms with Crippen molar-refractivity contribution in [2.45, 2.75) is 19.4 Å². The average molecular weight is 355 g/mol. The predicted molar refractivity (Wildman–Crippen MR) is 82.9 cm³/mol. The SMILES string of the molecule is COc1ccc(Br)cc1CN(C)C(=O)C1CCC(=O)NC1. The Balaban J connectivity index is 2.03.